The largest absolute Gasteiger partial charge is 0.454 e. The first-order valence-electron chi connectivity index (χ1n) is 6.25. The van der Waals surface area contributed by atoms with Crippen LogP contribution in [0.4, 0.5) is 5.69 Å². The van der Waals surface area contributed by atoms with Crippen molar-refractivity contribution in [2.75, 3.05) is 12.1 Å². The number of anilines is 1. The fourth-order valence-corrected chi connectivity index (χ4v) is 2.84. The SMILES string of the molecule is O=C1Nc2cc3c(cc2CN2C(=O)CC[C@@H]12)OCO3. The van der Waals surface area contributed by atoms with Gasteiger partial charge in [-0.3, -0.25) is 9.59 Å². The number of carbonyl (C=O) groups excluding carboxylic acids is 2. The van der Waals surface area contributed by atoms with Gasteiger partial charge >= 0.3 is 0 Å². The van der Waals surface area contributed by atoms with Crippen molar-refractivity contribution in [2.24, 2.45) is 0 Å². The molecule has 1 fully saturated rings. The Hall–Kier alpha value is -2.24. The van der Waals surface area contributed by atoms with Crippen molar-refractivity contribution in [1.82, 2.24) is 4.90 Å². The first-order valence-corrected chi connectivity index (χ1v) is 6.25. The van der Waals surface area contributed by atoms with Crippen molar-refractivity contribution in [2.45, 2.75) is 25.4 Å². The maximum atomic E-state index is 12.1. The lowest BCUT2D eigenvalue weighted by molar-refractivity contribution is -0.133. The number of ether oxygens (including phenoxy) is 2. The third kappa shape index (κ3) is 1.49. The molecule has 0 aliphatic carbocycles. The Balaban J connectivity index is 1.80. The summed E-state index contributed by atoms with van der Waals surface area (Å²) in [5.74, 6) is 1.21. The Bertz CT molecular complexity index is 599. The summed E-state index contributed by atoms with van der Waals surface area (Å²) >= 11 is 0. The number of rotatable bonds is 0. The zero-order chi connectivity index (χ0) is 13.0. The molecule has 3 aliphatic heterocycles. The first-order chi connectivity index (χ1) is 9.22. The highest BCUT2D eigenvalue weighted by atomic mass is 16.7. The van der Waals surface area contributed by atoms with Crippen molar-refractivity contribution in [3.05, 3.63) is 17.7 Å². The molecular weight excluding hydrogens is 248 g/mol. The highest BCUT2D eigenvalue weighted by Gasteiger charge is 2.39. The van der Waals surface area contributed by atoms with Gasteiger partial charge in [0.1, 0.15) is 6.04 Å². The van der Waals surface area contributed by atoms with E-state index in [1.165, 1.54) is 0 Å². The molecule has 0 bridgehead atoms. The lowest BCUT2D eigenvalue weighted by Crippen LogP contribution is -2.38. The molecule has 1 atom stereocenters. The summed E-state index contributed by atoms with van der Waals surface area (Å²) < 4.78 is 10.6. The molecule has 0 radical (unpaired) electrons. The van der Waals surface area contributed by atoms with Gasteiger partial charge in [0.25, 0.3) is 0 Å². The monoisotopic (exact) mass is 260 g/mol. The van der Waals surface area contributed by atoms with E-state index in [0.29, 0.717) is 36.6 Å². The molecule has 3 aliphatic rings. The van der Waals surface area contributed by atoms with Gasteiger partial charge in [0.05, 0.1) is 0 Å². The molecule has 0 unspecified atom stereocenters. The Morgan fingerprint density at radius 2 is 2.00 bits per heavy atom. The van der Waals surface area contributed by atoms with Gasteiger partial charge in [-0.25, -0.2) is 0 Å². The molecule has 1 aromatic rings. The molecule has 1 saturated heterocycles. The minimum Gasteiger partial charge on any atom is -0.454 e. The van der Waals surface area contributed by atoms with Crippen LogP contribution in [-0.2, 0) is 16.1 Å². The molecule has 3 heterocycles. The van der Waals surface area contributed by atoms with Crippen molar-refractivity contribution >= 4 is 17.5 Å². The van der Waals surface area contributed by atoms with E-state index in [1.54, 1.807) is 11.0 Å². The number of hydrogen-bond acceptors (Lipinski definition) is 4. The normalized spacial score (nSPS) is 23.8. The van der Waals surface area contributed by atoms with Crippen LogP contribution < -0.4 is 14.8 Å². The summed E-state index contributed by atoms with van der Waals surface area (Å²) in [6.45, 7) is 0.631. The van der Waals surface area contributed by atoms with Crippen LogP contribution in [0.25, 0.3) is 0 Å². The lowest BCUT2D eigenvalue weighted by atomic mass is 10.1. The molecule has 1 N–H and O–H groups in total. The highest BCUT2D eigenvalue weighted by Crippen LogP contribution is 2.39. The predicted molar refractivity (Wildman–Crippen MR) is 64.8 cm³/mol. The zero-order valence-corrected chi connectivity index (χ0v) is 10.1. The van der Waals surface area contributed by atoms with Gasteiger partial charge in [-0.05, 0) is 18.1 Å². The average Bonchev–Trinajstić information content (AvgIpc) is 2.94. The molecule has 2 amide bonds. The summed E-state index contributed by atoms with van der Waals surface area (Å²) in [6, 6.07) is 3.25. The van der Waals surface area contributed by atoms with Gasteiger partial charge in [-0.15, -0.1) is 0 Å². The van der Waals surface area contributed by atoms with Gasteiger partial charge in [0.15, 0.2) is 11.5 Å². The van der Waals surface area contributed by atoms with E-state index in [2.05, 4.69) is 5.32 Å². The fraction of sp³-hybridized carbons (Fsp3) is 0.385. The van der Waals surface area contributed by atoms with Crippen LogP contribution in [0.2, 0.25) is 0 Å². The minimum atomic E-state index is -0.350. The molecule has 0 spiro atoms. The summed E-state index contributed by atoms with van der Waals surface area (Å²) in [5.41, 5.74) is 1.59. The summed E-state index contributed by atoms with van der Waals surface area (Å²) in [7, 11) is 0. The smallest absolute Gasteiger partial charge is 0.247 e. The van der Waals surface area contributed by atoms with Gasteiger partial charge in [-0.2, -0.15) is 0 Å². The van der Waals surface area contributed by atoms with Crippen LogP contribution in [-0.4, -0.2) is 29.5 Å². The second-order valence-corrected chi connectivity index (χ2v) is 4.93. The number of carbonyl (C=O) groups is 2. The molecule has 19 heavy (non-hydrogen) atoms. The van der Waals surface area contributed by atoms with Crippen molar-refractivity contribution in [3.63, 3.8) is 0 Å². The van der Waals surface area contributed by atoms with Crippen LogP contribution in [0.15, 0.2) is 12.1 Å². The number of amides is 2. The number of fused-ring (bicyclic) bond motifs is 3. The van der Waals surface area contributed by atoms with Crippen molar-refractivity contribution in [1.29, 1.82) is 0 Å². The Labute approximate surface area is 109 Å². The number of hydrogen-bond donors (Lipinski definition) is 1. The maximum absolute atomic E-state index is 12.1. The summed E-state index contributed by atoms with van der Waals surface area (Å²) in [5, 5.41) is 2.88. The summed E-state index contributed by atoms with van der Waals surface area (Å²) in [6.07, 6.45) is 1.03. The standard InChI is InChI=1S/C13H12N2O4/c16-12-2-1-9-13(17)14-8-4-11-10(18-6-19-11)3-7(8)5-15(9)12/h3-4,9H,1-2,5-6H2,(H,14,17)/t9-/m0/s1. The predicted octanol–water partition coefficient (Wildman–Crippen LogP) is 0.858. The molecule has 0 aromatic heterocycles. The number of nitrogens with one attached hydrogen (secondary N) is 1. The molecule has 6 nitrogen and oxygen atoms in total. The number of nitrogens with zero attached hydrogens (tertiary/aromatic N) is 1. The first kappa shape index (κ1) is 10.7. The van der Waals surface area contributed by atoms with Gasteiger partial charge in [-0.1, -0.05) is 0 Å². The van der Waals surface area contributed by atoms with E-state index < -0.39 is 0 Å². The molecular formula is C13H12N2O4. The van der Waals surface area contributed by atoms with E-state index in [4.69, 9.17) is 9.47 Å². The topological polar surface area (TPSA) is 67.9 Å². The van der Waals surface area contributed by atoms with E-state index in [9.17, 15) is 9.59 Å². The third-order valence-corrected chi connectivity index (χ3v) is 3.83. The lowest BCUT2D eigenvalue weighted by Gasteiger charge is -2.20. The van der Waals surface area contributed by atoms with E-state index in [0.717, 1.165) is 5.56 Å². The van der Waals surface area contributed by atoms with Crippen LogP contribution in [0, 0.1) is 0 Å². The van der Waals surface area contributed by atoms with E-state index in [-0.39, 0.29) is 24.6 Å². The molecule has 0 saturated carbocycles. The molecule has 98 valence electrons. The summed E-state index contributed by atoms with van der Waals surface area (Å²) in [4.78, 5) is 25.6. The van der Waals surface area contributed by atoms with Gasteiger partial charge in [0.2, 0.25) is 18.6 Å². The Kier molecular flexibility index (Phi) is 2.04. The van der Waals surface area contributed by atoms with Crippen molar-refractivity contribution < 1.29 is 19.1 Å². The second kappa shape index (κ2) is 3.63. The Morgan fingerprint density at radius 1 is 1.21 bits per heavy atom. The minimum absolute atomic E-state index is 0.0330. The van der Waals surface area contributed by atoms with Crippen LogP contribution in [0.1, 0.15) is 18.4 Å². The second-order valence-electron chi connectivity index (χ2n) is 4.93. The maximum Gasteiger partial charge on any atom is 0.247 e. The van der Waals surface area contributed by atoms with E-state index >= 15 is 0 Å². The van der Waals surface area contributed by atoms with Gasteiger partial charge < -0.3 is 19.7 Å². The molecule has 6 heteroatoms. The van der Waals surface area contributed by atoms with E-state index in [1.807, 2.05) is 6.07 Å². The highest BCUT2D eigenvalue weighted by molar-refractivity contribution is 6.00. The molecule has 1 aromatic carbocycles. The van der Waals surface area contributed by atoms with Crippen LogP contribution >= 0.6 is 0 Å². The van der Waals surface area contributed by atoms with Crippen LogP contribution in [0.5, 0.6) is 11.5 Å². The third-order valence-electron chi connectivity index (χ3n) is 3.83. The average molecular weight is 260 g/mol. The molecule has 4 rings (SSSR count). The quantitative estimate of drug-likeness (QED) is 0.751. The van der Waals surface area contributed by atoms with Crippen molar-refractivity contribution in [3.8, 4) is 11.5 Å². The van der Waals surface area contributed by atoms with Gasteiger partial charge in [0, 0.05) is 24.7 Å². The Morgan fingerprint density at radius 3 is 2.84 bits per heavy atom. The zero-order valence-electron chi connectivity index (χ0n) is 10.1. The van der Waals surface area contributed by atoms with Crippen LogP contribution in [0.3, 0.4) is 0 Å². The fourth-order valence-electron chi connectivity index (χ4n) is 2.84. The number of benzene rings is 1.